The number of carbonyl (C=O) groups is 2. The van der Waals surface area contributed by atoms with Crippen LogP contribution in [0, 0.1) is 0 Å². The van der Waals surface area contributed by atoms with Crippen LogP contribution < -0.4 is 10.6 Å². The zero-order chi connectivity index (χ0) is 13.7. The number of carbonyl (C=O) groups excluding carboxylic acids is 1. The second-order valence-electron chi connectivity index (χ2n) is 4.34. The van der Waals surface area contributed by atoms with E-state index in [-0.39, 0.29) is 24.0 Å². The fourth-order valence-corrected chi connectivity index (χ4v) is 1.90. The molecular weight excluding hydrogens is 248 g/mol. The van der Waals surface area contributed by atoms with Crippen molar-refractivity contribution in [2.45, 2.75) is 12.5 Å². The van der Waals surface area contributed by atoms with E-state index in [0.717, 1.165) is 6.54 Å². The van der Waals surface area contributed by atoms with Crippen molar-refractivity contribution in [1.29, 1.82) is 0 Å². The lowest BCUT2D eigenvalue weighted by molar-refractivity contribution is -0.119. The number of carboxylic acids is 1. The zero-order valence-corrected chi connectivity index (χ0v) is 10.4. The molecule has 1 saturated heterocycles. The molecule has 1 atom stereocenters. The standard InChI is InChI=1S/C13H16N2O4/c16-12(7-11-8-14-4-5-19-11)15-10-3-1-2-9(6-10)13(17)18/h1-3,6,11,14H,4-5,7-8H2,(H,15,16)(H,17,18). The van der Waals surface area contributed by atoms with Crippen LogP contribution in [0.3, 0.4) is 0 Å². The van der Waals surface area contributed by atoms with Crippen molar-refractivity contribution in [2.75, 3.05) is 25.0 Å². The van der Waals surface area contributed by atoms with Gasteiger partial charge in [-0.3, -0.25) is 4.79 Å². The Hall–Kier alpha value is -1.92. The highest BCUT2D eigenvalue weighted by Gasteiger charge is 2.17. The summed E-state index contributed by atoms with van der Waals surface area (Å²) >= 11 is 0. The summed E-state index contributed by atoms with van der Waals surface area (Å²) in [5, 5.41) is 14.7. The highest BCUT2D eigenvalue weighted by molar-refractivity contribution is 5.94. The predicted molar refractivity (Wildman–Crippen MR) is 69.3 cm³/mol. The Morgan fingerprint density at radius 3 is 3.00 bits per heavy atom. The van der Waals surface area contributed by atoms with Crippen molar-refractivity contribution in [2.24, 2.45) is 0 Å². The molecule has 1 aromatic carbocycles. The van der Waals surface area contributed by atoms with E-state index in [1.807, 2.05) is 0 Å². The van der Waals surface area contributed by atoms with Crippen LogP contribution >= 0.6 is 0 Å². The molecule has 1 amide bonds. The maximum Gasteiger partial charge on any atom is 0.335 e. The predicted octanol–water partition coefficient (Wildman–Crippen LogP) is 0.702. The Morgan fingerprint density at radius 1 is 1.47 bits per heavy atom. The number of amides is 1. The topological polar surface area (TPSA) is 87.7 Å². The lowest BCUT2D eigenvalue weighted by Gasteiger charge is -2.23. The van der Waals surface area contributed by atoms with E-state index in [0.29, 0.717) is 18.8 Å². The first-order valence-electron chi connectivity index (χ1n) is 6.10. The third kappa shape index (κ3) is 4.04. The van der Waals surface area contributed by atoms with Crippen molar-refractivity contribution in [1.82, 2.24) is 5.32 Å². The number of aromatic carboxylic acids is 1. The molecule has 0 aliphatic carbocycles. The Bertz CT molecular complexity index is 469. The summed E-state index contributed by atoms with van der Waals surface area (Å²) in [6.07, 6.45) is 0.126. The normalized spacial score (nSPS) is 18.8. The number of ether oxygens (including phenoxy) is 1. The van der Waals surface area contributed by atoms with Crippen molar-refractivity contribution >= 4 is 17.6 Å². The molecule has 1 aliphatic heterocycles. The molecule has 102 valence electrons. The van der Waals surface area contributed by atoms with Gasteiger partial charge in [-0.2, -0.15) is 0 Å². The Labute approximate surface area is 110 Å². The SMILES string of the molecule is O=C(CC1CNCCO1)Nc1cccc(C(=O)O)c1. The Kier molecular flexibility index (Phi) is 4.48. The minimum atomic E-state index is -1.02. The highest BCUT2D eigenvalue weighted by Crippen LogP contribution is 2.12. The van der Waals surface area contributed by atoms with Crippen LogP contribution in [0.5, 0.6) is 0 Å². The molecule has 6 heteroatoms. The van der Waals surface area contributed by atoms with Gasteiger partial charge in [0.15, 0.2) is 0 Å². The van der Waals surface area contributed by atoms with Crippen LogP contribution in [-0.2, 0) is 9.53 Å². The third-order valence-electron chi connectivity index (χ3n) is 2.81. The molecule has 6 nitrogen and oxygen atoms in total. The molecule has 1 heterocycles. The van der Waals surface area contributed by atoms with E-state index in [1.165, 1.54) is 12.1 Å². The van der Waals surface area contributed by atoms with Gasteiger partial charge >= 0.3 is 5.97 Å². The first-order chi connectivity index (χ1) is 9.15. The first kappa shape index (κ1) is 13.5. The molecule has 1 fully saturated rings. The van der Waals surface area contributed by atoms with Gasteiger partial charge in [0.2, 0.25) is 5.91 Å². The van der Waals surface area contributed by atoms with Crippen molar-refractivity contribution in [3.63, 3.8) is 0 Å². The van der Waals surface area contributed by atoms with E-state index in [4.69, 9.17) is 9.84 Å². The Morgan fingerprint density at radius 2 is 2.32 bits per heavy atom. The molecule has 3 N–H and O–H groups in total. The molecular formula is C13H16N2O4. The fraction of sp³-hybridized carbons (Fsp3) is 0.385. The van der Waals surface area contributed by atoms with E-state index in [2.05, 4.69) is 10.6 Å². The minimum absolute atomic E-state index is 0.128. The summed E-state index contributed by atoms with van der Waals surface area (Å²) in [5.74, 6) is -1.20. The van der Waals surface area contributed by atoms with Gasteiger partial charge in [-0.25, -0.2) is 4.79 Å². The lowest BCUT2D eigenvalue weighted by atomic mass is 10.2. The van der Waals surface area contributed by atoms with Crippen molar-refractivity contribution in [3.05, 3.63) is 29.8 Å². The molecule has 0 saturated carbocycles. The summed E-state index contributed by atoms with van der Waals surface area (Å²) in [5.41, 5.74) is 0.627. The number of nitrogens with one attached hydrogen (secondary N) is 2. The van der Waals surface area contributed by atoms with E-state index in [1.54, 1.807) is 12.1 Å². The van der Waals surface area contributed by atoms with Crippen molar-refractivity contribution in [3.8, 4) is 0 Å². The number of hydrogen-bond donors (Lipinski definition) is 3. The number of benzene rings is 1. The average Bonchev–Trinajstić information content (AvgIpc) is 2.40. The molecule has 0 bridgehead atoms. The molecule has 1 aromatic rings. The largest absolute Gasteiger partial charge is 0.478 e. The van der Waals surface area contributed by atoms with Gasteiger partial charge in [0.1, 0.15) is 0 Å². The van der Waals surface area contributed by atoms with Crippen LogP contribution in [-0.4, -0.2) is 42.8 Å². The second kappa shape index (κ2) is 6.31. The summed E-state index contributed by atoms with van der Waals surface area (Å²) in [6.45, 7) is 2.06. The smallest absolute Gasteiger partial charge is 0.335 e. The summed E-state index contributed by atoms with van der Waals surface area (Å²) in [7, 11) is 0. The van der Waals surface area contributed by atoms with Crippen molar-refractivity contribution < 1.29 is 19.4 Å². The minimum Gasteiger partial charge on any atom is -0.478 e. The van der Waals surface area contributed by atoms with Gasteiger partial charge < -0.3 is 20.5 Å². The quantitative estimate of drug-likeness (QED) is 0.745. The third-order valence-corrected chi connectivity index (χ3v) is 2.81. The van der Waals surface area contributed by atoms with Gasteiger partial charge in [0.05, 0.1) is 24.7 Å². The van der Waals surface area contributed by atoms with Gasteiger partial charge in [0, 0.05) is 18.8 Å². The molecule has 19 heavy (non-hydrogen) atoms. The fourth-order valence-electron chi connectivity index (χ4n) is 1.90. The number of rotatable bonds is 4. The highest BCUT2D eigenvalue weighted by atomic mass is 16.5. The van der Waals surface area contributed by atoms with E-state index in [9.17, 15) is 9.59 Å². The molecule has 0 radical (unpaired) electrons. The number of hydrogen-bond acceptors (Lipinski definition) is 4. The first-order valence-corrected chi connectivity index (χ1v) is 6.10. The molecule has 1 aliphatic rings. The monoisotopic (exact) mass is 264 g/mol. The van der Waals surface area contributed by atoms with Crippen LogP contribution in [0.25, 0.3) is 0 Å². The molecule has 1 unspecified atom stereocenters. The van der Waals surface area contributed by atoms with E-state index >= 15 is 0 Å². The maximum absolute atomic E-state index is 11.8. The number of anilines is 1. The zero-order valence-electron chi connectivity index (χ0n) is 10.4. The Balaban J connectivity index is 1.90. The van der Waals surface area contributed by atoms with Crippen LogP contribution in [0.1, 0.15) is 16.8 Å². The summed E-state index contributed by atoms with van der Waals surface area (Å²) < 4.78 is 5.43. The number of morpholine rings is 1. The average molecular weight is 264 g/mol. The van der Waals surface area contributed by atoms with Crippen LogP contribution in [0.4, 0.5) is 5.69 Å². The van der Waals surface area contributed by atoms with Gasteiger partial charge in [-0.1, -0.05) is 6.07 Å². The molecule has 0 spiro atoms. The van der Waals surface area contributed by atoms with Crippen LogP contribution in [0.15, 0.2) is 24.3 Å². The molecule has 0 aromatic heterocycles. The summed E-state index contributed by atoms with van der Waals surface area (Å²) in [4.78, 5) is 22.6. The second-order valence-corrected chi connectivity index (χ2v) is 4.34. The van der Waals surface area contributed by atoms with E-state index < -0.39 is 5.97 Å². The summed E-state index contributed by atoms with van der Waals surface area (Å²) in [6, 6.07) is 6.16. The van der Waals surface area contributed by atoms with Gasteiger partial charge in [-0.15, -0.1) is 0 Å². The van der Waals surface area contributed by atoms with Crippen LogP contribution in [0.2, 0.25) is 0 Å². The van der Waals surface area contributed by atoms with Gasteiger partial charge in [0.25, 0.3) is 0 Å². The lowest BCUT2D eigenvalue weighted by Crippen LogP contribution is -2.40. The molecule has 2 rings (SSSR count). The number of carboxylic acid groups (broad SMARTS) is 1. The maximum atomic E-state index is 11.8. The van der Waals surface area contributed by atoms with Gasteiger partial charge in [-0.05, 0) is 18.2 Å².